The first-order chi connectivity index (χ1) is 15.2. The predicted molar refractivity (Wildman–Crippen MR) is 126 cm³/mol. The van der Waals surface area contributed by atoms with Crippen LogP contribution in [-0.4, -0.2) is 20.2 Å². The first kappa shape index (κ1) is 21.8. The van der Waals surface area contributed by atoms with E-state index in [-0.39, 0.29) is 16.4 Å². The predicted octanol–water partition coefficient (Wildman–Crippen LogP) is 5.65. The van der Waals surface area contributed by atoms with Crippen molar-refractivity contribution in [3.8, 4) is 17.9 Å². The highest BCUT2D eigenvalue weighted by molar-refractivity contribution is 5.78. The Hall–Kier alpha value is -3.44. The molecule has 4 rings (SSSR count). The fourth-order valence-electron chi connectivity index (χ4n) is 4.91. The van der Waals surface area contributed by atoms with E-state index in [9.17, 15) is 0 Å². The summed E-state index contributed by atoms with van der Waals surface area (Å²) in [6, 6.07) is 6.12. The fraction of sp³-hybridized carbons (Fsp3) is 0.407. The lowest BCUT2D eigenvalue weighted by Gasteiger charge is -2.48. The maximum Gasteiger partial charge on any atom is 0.137 e. The number of anilines is 1. The van der Waals surface area contributed by atoms with E-state index in [0.717, 1.165) is 37.2 Å². The summed E-state index contributed by atoms with van der Waals surface area (Å²) < 4.78 is 11.6. The van der Waals surface area contributed by atoms with Gasteiger partial charge in [0, 0.05) is 35.5 Å². The van der Waals surface area contributed by atoms with Gasteiger partial charge in [0.1, 0.15) is 29.2 Å². The second kappa shape index (κ2) is 7.92. The molecule has 0 bridgehead atoms. The number of methoxy groups -OCH3 is 1. The molecule has 0 N–H and O–H groups in total. The van der Waals surface area contributed by atoms with Gasteiger partial charge in [0.2, 0.25) is 0 Å². The van der Waals surface area contributed by atoms with Crippen LogP contribution in [0.2, 0.25) is 0 Å². The Morgan fingerprint density at radius 2 is 1.78 bits per heavy atom. The number of benzene rings is 1. The molecular weight excluding hydrogens is 398 g/mol. The summed E-state index contributed by atoms with van der Waals surface area (Å²) in [6.45, 7) is 11.4. The number of nitrogens with zero attached hydrogens (tertiary/aromatic N) is 3. The Morgan fingerprint density at radius 1 is 1.09 bits per heavy atom. The molecule has 0 saturated heterocycles. The summed E-state index contributed by atoms with van der Waals surface area (Å²) in [7, 11) is 1.74. The monoisotopic (exact) mass is 427 g/mol. The Balaban J connectivity index is 1.86. The van der Waals surface area contributed by atoms with Crippen LogP contribution in [0.1, 0.15) is 57.2 Å². The molecule has 0 radical (unpaired) electrons. The molecule has 0 amide bonds. The lowest BCUT2D eigenvalue weighted by atomic mass is 9.68. The highest BCUT2D eigenvalue weighted by Gasteiger charge is 2.42. The molecule has 5 heteroatoms. The van der Waals surface area contributed by atoms with Crippen LogP contribution >= 0.6 is 0 Å². The molecule has 1 aromatic rings. The van der Waals surface area contributed by atoms with Crippen molar-refractivity contribution in [2.75, 3.05) is 25.1 Å². The zero-order chi connectivity index (χ0) is 23.1. The van der Waals surface area contributed by atoms with Gasteiger partial charge in [0.15, 0.2) is 0 Å². The normalized spacial score (nSPS) is 20.0. The van der Waals surface area contributed by atoms with Crippen molar-refractivity contribution in [1.82, 2.24) is 0 Å². The van der Waals surface area contributed by atoms with Gasteiger partial charge in [-0.15, -0.1) is 0 Å². The summed E-state index contributed by atoms with van der Waals surface area (Å²) in [5.41, 5.74) is 5.71. The van der Waals surface area contributed by atoms with Crippen molar-refractivity contribution >= 4 is 11.8 Å². The van der Waals surface area contributed by atoms with Crippen molar-refractivity contribution in [3.63, 3.8) is 0 Å². The van der Waals surface area contributed by atoms with Crippen LogP contribution in [0.25, 0.3) is 6.08 Å². The Bertz CT molecular complexity index is 1150. The third-order valence-corrected chi connectivity index (χ3v) is 6.91. The Morgan fingerprint density at radius 3 is 2.44 bits per heavy atom. The maximum absolute atomic E-state index is 9.16. The van der Waals surface area contributed by atoms with E-state index in [1.165, 1.54) is 23.1 Å². The molecular formula is C27H29N3O2. The van der Waals surface area contributed by atoms with E-state index in [1.807, 2.05) is 24.3 Å². The molecule has 164 valence electrons. The van der Waals surface area contributed by atoms with Gasteiger partial charge >= 0.3 is 0 Å². The van der Waals surface area contributed by atoms with Crippen LogP contribution in [0.4, 0.5) is 5.69 Å². The summed E-state index contributed by atoms with van der Waals surface area (Å²) >= 11 is 0. The molecule has 1 aromatic carbocycles. The average molecular weight is 428 g/mol. The van der Waals surface area contributed by atoms with E-state index >= 15 is 0 Å². The first-order valence-electron chi connectivity index (χ1n) is 11.0. The van der Waals surface area contributed by atoms with Crippen molar-refractivity contribution in [2.45, 2.75) is 51.4 Å². The Kier molecular flexibility index (Phi) is 5.39. The number of nitriles is 2. The topological polar surface area (TPSA) is 69.3 Å². The molecule has 0 aliphatic carbocycles. The first-order valence-corrected chi connectivity index (χ1v) is 11.0. The van der Waals surface area contributed by atoms with Crippen LogP contribution in [0.5, 0.6) is 5.75 Å². The fourth-order valence-corrected chi connectivity index (χ4v) is 4.91. The highest BCUT2D eigenvalue weighted by atomic mass is 16.5. The summed E-state index contributed by atoms with van der Waals surface area (Å²) in [4.78, 5) is 2.52. The number of allylic oxidation sites excluding steroid dienone is 5. The van der Waals surface area contributed by atoms with Gasteiger partial charge in [-0.2, -0.15) is 10.5 Å². The minimum Gasteiger partial charge on any atom is -0.496 e. The number of hydrogen-bond acceptors (Lipinski definition) is 5. The number of hydrogen-bond donors (Lipinski definition) is 0. The number of rotatable bonds is 3. The van der Waals surface area contributed by atoms with E-state index in [2.05, 4.69) is 38.7 Å². The molecule has 0 unspecified atom stereocenters. The minimum absolute atomic E-state index is 0.0109. The van der Waals surface area contributed by atoms with Crippen molar-refractivity contribution < 1.29 is 9.47 Å². The van der Waals surface area contributed by atoms with Gasteiger partial charge in [-0.25, -0.2) is 0 Å². The molecule has 3 aliphatic heterocycles. The second-order valence-electron chi connectivity index (χ2n) is 9.88. The number of ether oxygens (including phenoxy) is 2. The van der Waals surface area contributed by atoms with Gasteiger partial charge in [0.05, 0.1) is 13.4 Å². The van der Waals surface area contributed by atoms with Gasteiger partial charge in [-0.1, -0.05) is 27.7 Å². The smallest absolute Gasteiger partial charge is 0.137 e. The summed E-state index contributed by atoms with van der Waals surface area (Å²) in [5.74, 6) is 1.48. The zero-order valence-corrected chi connectivity index (χ0v) is 19.5. The molecule has 0 atom stereocenters. The molecule has 5 nitrogen and oxygen atoms in total. The van der Waals surface area contributed by atoms with E-state index in [1.54, 1.807) is 19.3 Å². The van der Waals surface area contributed by atoms with Crippen molar-refractivity contribution in [3.05, 3.63) is 64.2 Å². The van der Waals surface area contributed by atoms with Crippen LogP contribution in [0.15, 0.2) is 47.5 Å². The zero-order valence-electron chi connectivity index (χ0n) is 19.5. The van der Waals surface area contributed by atoms with Crippen molar-refractivity contribution in [2.24, 2.45) is 0 Å². The van der Waals surface area contributed by atoms with Crippen molar-refractivity contribution in [1.29, 1.82) is 10.5 Å². The maximum atomic E-state index is 9.16. The molecule has 0 fully saturated rings. The van der Waals surface area contributed by atoms with Crippen LogP contribution < -0.4 is 9.64 Å². The molecule has 3 heterocycles. The lowest BCUT2D eigenvalue weighted by molar-refractivity contribution is 0.361. The van der Waals surface area contributed by atoms with E-state index < -0.39 is 0 Å². The largest absolute Gasteiger partial charge is 0.496 e. The second-order valence-corrected chi connectivity index (χ2v) is 9.88. The van der Waals surface area contributed by atoms with Gasteiger partial charge < -0.3 is 14.4 Å². The molecule has 0 saturated carbocycles. The highest BCUT2D eigenvalue weighted by Crippen LogP contribution is 2.53. The lowest BCUT2D eigenvalue weighted by Crippen LogP contribution is -2.45. The van der Waals surface area contributed by atoms with Gasteiger partial charge in [0.25, 0.3) is 0 Å². The quantitative estimate of drug-likeness (QED) is 0.583. The SMILES string of the molecule is COc1c(C=CC2=CC(=C(C#N)C#N)C=CO2)cc2c3c1C(C)(C)CCN3CCC2(C)C. The molecule has 0 aromatic heterocycles. The van der Waals surface area contributed by atoms with Crippen LogP contribution in [0.3, 0.4) is 0 Å². The minimum atomic E-state index is 0.0109. The van der Waals surface area contributed by atoms with Gasteiger partial charge in [-0.3, -0.25) is 0 Å². The molecule has 32 heavy (non-hydrogen) atoms. The summed E-state index contributed by atoms with van der Waals surface area (Å²) in [5, 5.41) is 18.3. The average Bonchev–Trinajstić information content (AvgIpc) is 2.77. The molecule has 3 aliphatic rings. The third-order valence-electron chi connectivity index (χ3n) is 6.91. The molecule has 0 spiro atoms. The van der Waals surface area contributed by atoms with Crippen LogP contribution in [-0.2, 0) is 15.6 Å². The summed E-state index contributed by atoms with van der Waals surface area (Å²) in [6.07, 6.45) is 10.9. The third kappa shape index (κ3) is 3.59. The van der Waals surface area contributed by atoms with E-state index in [0.29, 0.717) is 11.3 Å². The van der Waals surface area contributed by atoms with Crippen LogP contribution in [0, 0.1) is 22.7 Å². The standard InChI is InChI=1S/C27H29N3O2/c1-26(2)9-11-30-12-10-27(3,4)23-24(30)22(26)15-19(25(23)31-5)6-7-21-14-18(8-13-32-21)20(16-28)17-29/h6-8,13-15H,9-12H2,1-5H3. The Labute approximate surface area is 190 Å². The van der Waals surface area contributed by atoms with E-state index in [4.69, 9.17) is 20.0 Å². The van der Waals surface area contributed by atoms with Gasteiger partial charge in [-0.05, 0) is 59.6 Å².